The van der Waals surface area contributed by atoms with E-state index in [9.17, 15) is 14.9 Å². The third-order valence-corrected chi connectivity index (χ3v) is 5.24. The molecule has 0 unspecified atom stereocenters. The molecule has 148 valence electrons. The maximum absolute atomic E-state index is 12.7. The van der Waals surface area contributed by atoms with Gasteiger partial charge in [-0.15, -0.1) is 0 Å². The number of nitrogens with zero attached hydrogens (tertiary/aromatic N) is 3. The van der Waals surface area contributed by atoms with E-state index in [-0.39, 0.29) is 11.4 Å². The summed E-state index contributed by atoms with van der Waals surface area (Å²) in [5, 5.41) is 12.5. The fourth-order valence-electron chi connectivity index (χ4n) is 3.14. The molecular weight excluding hydrogens is 417 g/mol. The number of hydrogen-bond donors (Lipinski definition) is 2. The Morgan fingerprint density at radius 3 is 2.72 bits per heavy atom. The van der Waals surface area contributed by atoms with Gasteiger partial charge in [0, 0.05) is 35.8 Å². The van der Waals surface area contributed by atoms with E-state index in [4.69, 9.17) is 23.2 Å². The Bertz CT molecular complexity index is 1330. The Kier molecular flexibility index (Phi) is 4.89. The third-order valence-electron chi connectivity index (χ3n) is 4.52. The average Bonchev–Trinajstić information content (AvgIpc) is 3.05. The standard InChI is InChI=1S/C19H15Cl2N5O3/c1-2-5-22-25-9-12(11-4-3-10(26(28)29)6-17(11)25)18-19(27)24-16-8-14(21)13(20)7-15(16)23-18/h3-4,6-9,22H,2,5H2,1H3,(H,24,27). The Labute approximate surface area is 174 Å². The van der Waals surface area contributed by atoms with Crippen LogP contribution >= 0.6 is 23.2 Å². The quantitative estimate of drug-likeness (QED) is 0.351. The molecule has 0 radical (unpaired) electrons. The van der Waals surface area contributed by atoms with Gasteiger partial charge >= 0.3 is 0 Å². The van der Waals surface area contributed by atoms with E-state index < -0.39 is 10.5 Å². The Morgan fingerprint density at radius 1 is 1.24 bits per heavy atom. The smallest absolute Gasteiger partial charge is 0.275 e. The number of hydrogen-bond acceptors (Lipinski definition) is 5. The highest BCUT2D eigenvalue weighted by Crippen LogP contribution is 2.32. The highest BCUT2D eigenvalue weighted by atomic mass is 35.5. The fraction of sp³-hybridized carbons (Fsp3) is 0.158. The van der Waals surface area contributed by atoms with Crippen LogP contribution in [-0.4, -0.2) is 26.1 Å². The van der Waals surface area contributed by atoms with Gasteiger partial charge in [-0.2, -0.15) is 0 Å². The van der Waals surface area contributed by atoms with Crippen molar-refractivity contribution in [2.45, 2.75) is 13.3 Å². The van der Waals surface area contributed by atoms with E-state index >= 15 is 0 Å². The molecule has 0 saturated carbocycles. The molecule has 0 atom stereocenters. The zero-order chi connectivity index (χ0) is 20.7. The van der Waals surface area contributed by atoms with Gasteiger partial charge in [-0.05, 0) is 24.6 Å². The van der Waals surface area contributed by atoms with Crippen molar-refractivity contribution >= 4 is 50.8 Å². The first-order valence-electron chi connectivity index (χ1n) is 8.82. The summed E-state index contributed by atoms with van der Waals surface area (Å²) in [7, 11) is 0. The molecule has 0 aliphatic carbocycles. The van der Waals surface area contributed by atoms with Crippen LogP contribution in [0.4, 0.5) is 5.69 Å². The summed E-state index contributed by atoms with van der Waals surface area (Å²) in [5.41, 5.74) is 5.02. The largest absolute Gasteiger partial charge is 0.326 e. The van der Waals surface area contributed by atoms with Crippen LogP contribution in [0.15, 0.2) is 41.3 Å². The number of nitro benzene ring substituents is 1. The van der Waals surface area contributed by atoms with Gasteiger partial charge in [0.1, 0.15) is 5.69 Å². The molecule has 0 aliphatic heterocycles. The monoisotopic (exact) mass is 431 g/mol. The SMILES string of the molecule is CCCNn1cc(-c2nc3cc(Cl)c(Cl)cc3[nH]c2=O)c2ccc([N+](=O)[O-])cc21. The van der Waals surface area contributed by atoms with Gasteiger partial charge in [0.25, 0.3) is 11.2 Å². The third kappa shape index (κ3) is 3.41. The van der Waals surface area contributed by atoms with Gasteiger partial charge in [-0.1, -0.05) is 30.1 Å². The Morgan fingerprint density at radius 2 is 2.00 bits per heavy atom. The van der Waals surface area contributed by atoms with Gasteiger partial charge in [-0.3, -0.25) is 19.6 Å². The molecule has 0 saturated heterocycles. The van der Waals surface area contributed by atoms with Crippen LogP contribution < -0.4 is 11.0 Å². The molecule has 2 heterocycles. The summed E-state index contributed by atoms with van der Waals surface area (Å²) >= 11 is 12.1. The average molecular weight is 432 g/mol. The number of non-ortho nitro benzene ring substituents is 1. The van der Waals surface area contributed by atoms with E-state index in [2.05, 4.69) is 15.4 Å². The minimum Gasteiger partial charge on any atom is -0.326 e. The van der Waals surface area contributed by atoms with Crippen molar-refractivity contribution in [1.29, 1.82) is 0 Å². The van der Waals surface area contributed by atoms with Crippen LogP contribution in [0.2, 0.25) is 10.0 Å². The lowest BCUT2D eigenvalue weighted by molar-refractivity contribution is -0.384. The summed E-state index contributed by atoms with van der Waals surface area (Å²) in [4.78, 5) is 30.7. The molecular formula is C19H15Cl2N5O3. The Balaban J connectivity index is 1.97. The maximum Gasteiger partial charge on any atom is 0.275 e. The molecule has 8 nitrogen and oxygen atoms in total. The summed E-state index contributed by atoms with van der Waals surface area (Å²) < 4.78 is 1.68. The topological polar surface area (TPSA) is 106 Å². The first-order chi connectivity index (χ1) is 13.9. The molecule has 0 aliphatic rings. The summed E-state index contributed by atoms with van der Waals surface area (Å²) in [6, 6.07) is 7.62. The molecule has 10 heteroatoms. The lowest BCUT2D eigenvalue weighted by Crippen LogP contribution is -2.14. The van der Waals surface area contributed by atoms with Gasteiger partial charge in [0.2, 0.25) is 0 Å². The van der Waals surface area contributed by atoms with E-state index in [1.165, 1.54) is 12.1 Å². The lowest BCUT2D eigenvalue weighted by Gasteiger charge is -2.07. The highest BCUT2D eigenvalue weighted by Gasteiger charge is 2.18. The van der Waals surface area contributed by atoms with Crippen LogP contribution in [-0.2, 0) is 0 Å². The van der Waals surface area contributed by atoms with Crippen LogP contribution in [0.3, 0.4) is 0 Å². The molecule has 0 amide bonds. The molecule has 2 aromatic carbocycles. The van der Waals surface area contributed by atoms with Crippen LogP contribution in [0.1, 0.15) is 13.3 Å². The molecule has 4 aromatic rings. The van der Waals surface area contributed by atoms with Crippen molar-refractivity contribution in [2.75, 3.05) is 12.0 Å². The van der Waals surface area contributed by atoms with Gasteiger partial charge in [0.05, 0.1) is 31.5 Å². The second-order valence-electron chi connectivity index (χ2n) is 6.48. The summed E-state index contributed by atoms with van der Waals surface area (Å²) in [6.07, 6.45) is 2.57. The highest BCUT2D eigenvalue weighted by molar-refractivity contribution is 6.42. The maximum atomic E-state index is 12.7. The molecule has 4 rings (SSSR count). The second kappa shape index (κ2) is 7.38. The first-order valence-corrected chi connectivity index (χ1v) is 9.57. The molecule has 0 fully saturated rings. The number of fused-ring (bicyclic) bond motifs is 2. The zero-order valence-corrected chi connectivity index (χ0v) is 16.7. The number of nitrogens with one attached hydrogen (secondary N) is 2. The second-order valence-corrected chi connectivity index (χ2v) is 7.29. The minimum absolute atomic E-state index is 0.0384. The predicted octanol–water partition coefficient (Wildman–Crippen LogP) is 4.71. The van der Waals surface area contributed by atoms with Crippen molar-refractivity contribution in [3.63, 3.8) is 0 Å². The fourth-order valence-corrected chi connectivity index (χ4v) is 3.47. The van der Waals surface area contributed by atoms with Crippen molar-refractivity contribution in [1.82, 2.24) is 14.6 Å². The number of aromatic nitrogens is 3. The minimum atomic E-state index is -0.455. The molecule has 29 heavy (non-hydrogen) atoms. The lowest BCUT2D eigenvalue weighted by atomic mass is 10.1. The van der Waals surface area contributed by atoms with Gasteiger partial charge < -0.3 is 10.4 Å². The van der Waals surface area contributed by atoms with E-state index in [0.29, 0.717) is 44.1 Å². The van der Waals surface area contributed by atoms with E-state index in [0.717, 1.165) is 6.42 Å². The number of halogens is 2. The summed E-state index contributed by atoms with van der Waals surface area (Å²) in [6.45, 7) is 2.66. The summed E-state index contributed by atoms with van der Waals surface area (Å²) in [5.74, 6) is 0. The number of rotatable bonds is 5. The molecule has 2 aromatic heterocycles. The van der Waals surface area contributed by atoms with Crippen molar-refractivity contribution in [2.24, 2.45) is 0 Å². The zero-order valence-electron chi connectivity index (χ0n) is 15.2. The number of benzene rings is 2. The number of H-pyrrole nitrogens is 1. The molecule has 2 N–H and O–H groups in total. The predicted molar refractivity (Wildman–Crippen MR) is 114 cm³/mol. The first kappa shape index (κ1) is 19.2. The van der Waals surface area contributed by atoms with Gasteiger partial charge in [0.15, 0.2) is 0 Å². The van der Waals surface area contributed by atoms with Crippen molar-refractivity contribution in [3.8, 4) is 11.3 Å². The normalized spacial score (nSPS) is 11.3. The van der Waals surface area contributed by atoms with Crippen LogP contribution in [0.5, 0.6) is 0 Å². The molecule has 0 spiro atoms. The van der Waals surface area contributed by atoms with Gasteiger partial charge in [-0.25, -0.2) is 4.98 Å². The van der Waals surface area contributed by atoms with E-state index in [1.807, 2.05) is 6.92 Å². The Hall–Kier alpha value is -3.10. The number of aromatic amines is 1. The van der Waals surface area contributed by atoms with Crippen LogP contribution in [0.25, 0.3) is 33.2 Å². The number of nitro groups is 1. The van der Waals surface area contributed by atoms with E-state index in [1.54, 1.807) is 29.1 Å². The van der Waals surface area contributed by atoms with Crippen molar-refractivity contribution in [3.05, 3.63) is 67.0 Å². The molecule has 0 bridgehead atoms. The van der Waals surface area contributed by atoms with Crippen molar-refractivity contribution < 1.29 is 4.92 Å². The van der Waals surface area contributed by atoms with Crippen LogP contribution in [0, 0.1) is 10.1 Å².